The first-order valence-corrected chi connectivity index (χ1v) is 7.58. The summed E-state index contributed by atoms with van der Waals surface area (Å²) in [6.07, 6.45) is 5.65. The Morgan fingerprint density at radius 2 is 2.44 bits per heavy atom. The van der Waals surface area contributed by atoms with Gasteiger partial charge in [0.2, 0.25) is 0 Å². The standard InChI is InChI=1S/C14H21NO2S/c1-2-10-5-3-6-11(9-10)17-14(16)13(15)12-7-4-8-18-12/h4,7-8,10-11,13H,2-3,5-6,9,15H2,1H3. The van der Waals surface area contributed by atoms with Gasteiger partial charge >= 0.3 is 5.97 Å². The van der Waals surface area contributed by atoms with Crippen LogP contribution in [0.15, 0.2) is 17.5 Å². The van der Waals surface area contributed by atoms with Crippen LogP contribution in [-0.2, 0) is 9.53 Å². The predicted molar refractivity (Wildman–Crippen MR) is 73.4 cm³/mol. The Bertz CT molecular complexity index is 377. The molecule has 1 aromatic heterocycles. The second-order valence-corrected chi connectivity index (χ2v) is 5.97. The first-order chi connectivity index (χ1) is 8.70. The molecule has 3 unspecified atom stereocenters. The quantitative estimate of drug-likeness (QED) is 0.852. The minimum absolute atomic E-state index is 0.0715. The molecule has 100 valence electrons. The highest BCUT2D eigenvalue weighted by atomic mass is 32.1. The van der Waals surface area contributed by atoms with Crippen LogP contribution in [0.1, 0.15) is 49.9 Å². The number of carbonyl (C=O) groups is 1. The van der Waals surface area contributed by atoms with Gasteiger partial charge in [-0.05, 0) is 36.6 Å². The largest absolute Gasteiger partial charge is 0.461 e. The fourth-order valence-electron chi connectivity index (χ4n) is 2.54. The van der Waals surface area contributed by atoms with Crippen molar-refractivity contribution < 1.29 is 9.53 Å². The van der Waals surface area contributed by atoms with Crippen LogP contribution in [0.25, 0.3) is 0 Å². The van der Waals surface area contributed by atoms with Crippen molar-refractivity contribution >= 4 is 17.3 Å². The van der Waals surface area contributed by atoms with Gasteiger partial charge in [0, 0.05) is 4.88 Å². The lowest BCUT2D eigenvalue weighted by Gasteiger charge is -2.28. The van der Waals surface area contributed by atoms with Crippen molar-refractivity contribution in [1.82, 2.24) is 0 Å². The van der Waals surface area contributed by atoms with Gasteiger partial charge in [-0.2, -0.15) is 0 Å². The molecule has 1 aromatic rings. The number of hydrogen-bond donors (Lipinski definition) is 1. The van der Waals surface area contributed by atoms with Crippen molar-refractivity contribution in [2.24, 2.45) is 11.7 Å². The van der Waals surface area contributed by atoms with E-state index in [2.05, 4.69) is 6.92 Å². The van der Waals surface area contributed by atoms with Gasteiger partial charge in [0.1, 0.15) is 12.1 Å². The molecule has 18 heavy (non-hydrogen) atoms. The first-order valence-electron chi connectivity index (χ1n) is 6.70. The smallest absolute Gasteiger partial charge is 0.328 e. The van der Waals surface area contributed by atoms with Crippen molar-refractivity contribution in [3.05, 3.63) is 22.4 Å². The molecule has 0 saturated heterocycles. The Balaban J connectivity index is 1.87. The van der Waals surface area contributed by atoms with Crippen LogP contribution < -0.4 is 5.73 Å². The van der Waals surface area contributed by atoms with E-state index in [0.717, 1.165) is 24.1 Å². The third-order valence-electron chi connectivity index (χ3n) is 3.70. The Hall–Kier alpha value is -0.870. The van der Waals surface area contributed by atoms with Crippen molar-refractivity contribution in [2.75, 3.05) is 0 Å². The monoisotopic (exact) mass is 267 g/mol. The van der Waals surface area contributed by atoms with Crippen LogP contribution in [0, 0.1) is 5.92 Å². The van der Waals surface area contributed by atoms with Crippen molar-refractivity contribution in [3.63, 3.8) is 0 Å². The molecule has 0 aliphatic heterocycles. The highest BCUT2D eigenvalue weighted by Crippen LogP contribution is 2.29. The number of rotatable bonds is 4. The summed E-state index contributed by atoms with van der Waals surface area (Å²) in [5.41, 5.74) is 5.90. The molecule has 2 rings (SSSR count). The van der Waals surface area contributed by atoms with Crippen LogP contribution >= 0.6 is 11.3 Å². The Morgan fingerprint density at radius 3 is 3.11 bits per heavy atom. The van der Waals surface area contributed by atoms with E-state index >= 15 is 0 Å². The number of carbonyl (C=O) groups excluding carboxylic acids is 1. The lowest BCUT2D eigenvalue weighted by Crippen LogP contribution is -2.30. The third kappa shape index (κ3) is 3.33. The SMILES string of the molecule is CCC1CCCC(OC(=O)C(N)c2cccs2)C1. The topological polar surface area (TPSA) is 52.3 Å². The summed E-state index contributed by atoms with van der Waals surface area (Å²) < 4.78 is 5.55. The van der Waals surface area contributed by atoms with E-state index in [0.29, 0.717) is 5.92 Å². The van der Waals surface area contributed by atoms with E-state index in [1.54, 1.807) is 0 Å². The molecule has 4 heteroatoms. The molecule has 1 saturated carbocycles. The lowest BCUT2D eigenvalue weighted by atomic mass is 9.85. The molecule has 0 radical (unpaired) electrons. The van der Waals surface area contributed by atoms with Crippen molar-refractivity contribution in [2.45, 2.75) is 51.2 Å². The molecule has 1 fully saturated rings. The highest BCUT2D eigenvalue weighted by molar-refractivity contribution is 7.10. The Morgan fingerprint density at radius 1 is 1.61 bits per heavy atom. The molecule has 2 N–H and O–H groups in total. The molecule has 3 nitrogen and oxygen atoms in total. The van der Waals surface area contributed by atoms with E-state index in [1.165, 1.54) is 24.2 Å². The minimum Gasteiger partial charge on any atom is -0.461 e. The van der Waals surface area contributed by atoms with Gasteiger partial charge < -0.3 is 10.5 Å². The molecule has 0 spiro atoms. The highest BCUT2D eigenvalue weighted by Gasteiger charge is 2.26. The van der Waals surface area contributed by atoms with Crippen LogP contribution in [-0.4, -0.2) is 12.1 Å². The predicted octanol–water partition coefficient (Wildman–Crippen LogP) is 3.26. The number of nitrogens with two attached hydrogens (primary N) is 1. The zero-order valence-electron chi connectivity index (χ0n) is 10.8. The van der Waals surface area contributed by atoms with Crippen LogP contribution in [0.5, 0.6) is 0 Å². The maximum absolute atomic E-state index is 12.0. The zero-order chi connectivity index (χ0) is 13.0. The molecule has 1 aliphatic rings. The van der Waals surface area contributed by atoms with E-state index < -0.39 is 6.04 Å². The van der Waals surface area contributed by atoms with Gasteiger partial charge in [0.15, 0.2) is 0 Å². The summed E-state index contributed by atoms with van der Waals surface area (Å²) in [4.78, 5) is 12.8. The number of hydrogen-bond acceptors (Lipinski definition) is 4. The van der Waals surface area contributed by atoms with Crippen molar-refractivity contribution in [3.8, 4) is 0 Å². The molecular formula is C14H21NO2S. The van der Waals surface area contributed by atoms with Gasteiger partial charge in [-0.3, -0.25) is 0 Å². The molecular weight excluding hydrogens is 246 g/mol. The average Bonchev–Trinajstić information content (AvgIpc) is 2.92. The van der Waals surface area contributed by atoms with Crippen LogP contribution in [0.4, 0.5) is 0 Å². The zero-order valence-corrected chi connectivity index (χ0v) is 11.6. The molecule has 1 aliphatic carbocycles. The summed E-state index contributed by atoms with van der Waals surface area (Å²) >= 11 is 1.50. The maximum Gasteiger partial charge on any atom is 0.328 e. The summed E-state index contributed by atoms with van der Waals surface area (Å²) in [7, 11) is 0. The van der Waals surface area contributed by atoms with E-state index in [1.807, 2.05) is 17.5 Å². The summed E-state index contributed by atoms with van der Waals surface area (Å²) in [6, 6.07) is 3.17. The Labute approximate surface area is 112 Å². The molecule has 3 atom stereocenters. The minimum atomic E-state index is -0.619. The summed E-state index contributed by atoms with van der Waals surface area (Å²) in [5.74, 6) is 0.425. The molecule has 1 heterocycles. The average molecular weight is 267 g/mol. The Kier molecular flexibility index (Phi) is 4.78. The van der Waals surface area contributed by atoms with Crippen molar-refractivity contribution in [1.29, 1.82) is 0 Å². The van der Waals surface area contributed by atoms with Gasteiger partial charge in [-0.25, -0.2) is 4.79 Å². The van der Waals surface area contributed by atoms with E-state index in [4.69, 9.17) is 10.5 Å². The number of esters is 1. The van der Waals surface area contributed by atoms with Gasteiger partial charge in [0.05, 0.1) is 0 Å². The number of ether oxygens (including phenoxy) is 1. The van der Waals surface area contributed by atoms with Crippen LogP contribution in [0.2, 0.25) is 0 Å². The summed E-state index contributed by atoms with van der Waals surface area (Å²) in [6.45, 7) is 2.20. The van der Waals surface area contributed by atoms with E-state index in [-0.39, 0.29) is 12.1 Å². The fourth-order valence-corrected chi connectivity index (χ4v) is 3.26. The van der Waals surface area contributed by atoms with Gasteiger partial charge in [0.25, 0.3) is 0 Å². The van der Waals surface area contributed by atoms with E-state index in [9.17, 15) is 4.79 Å². The first kappa shape index (κ1) is 13.6. The number of thiophene rings is 1. The van der Waals surface area contributed by atoms with Gasteiger partial charge in [-0.15, -0.1) is 11.3 Å². The molecule has 0 bridgehead atoms. The summed E-state index contributed by atoms with van der Waals surface area (Å²) in [5, 5.41) is 1.93. The third-order valence-corrected chi connectivity index (χ3v) is 4.65. The maximum atomic E-state index is 12.0. The lowest BCUT2D eigenvalue weighted by molar-refractivity contribution is -0.153. The second-order valence-electron chi connectivity index (χ2n) is 4.99. The fraction of sp³-hybridized carbons (Fsp3) is 0.643. The second kappa shape index (κ2) is 6.34. The molecule has 0 amide bonds. The molecule has 0 aromatic carbocycles. The normalized spacial score (nSPS) is 25.7. The van der Waals surface area contributed by atoms with Gasteiger partial charge in [-0.1, -0.05) is 25.8 Å². The van der Waals surface area contributed by atoms with Crippen LogP contribution in [0.3, 0.4) is 0 Å².